The monoisotopic (exact) mass is 243 g/mol. The van der Waals surface area contributed by atoms with Gasteiger partial charge in [-0.2, -0.15) is 0 Å². The number of hydrogen-bond donors (Lipinski definition) is 3. The van der Waals surface area contributed by atoms with Crippen LogP contribution in [0.2, 0.25) is 0 Å². The SMILES string of the molecule is CNCCCNC(=O)N1CCC(C)(C(=O)O)C1. The molecule has 1 atom stereocenters. The first-order chi connectivity index (χ1) is 7.99. The molecule has 1 heterocycles. The molecule has 1 saturated heterocycles. The molecule has 6 heteroatoms. The minimum Gasteiger partial charge on any atom is -0.481 e. The summed E-state index contributed by atoms with van der Waals surface area (Å²) in [5, 5.41) is 14.8. The third kappa shape index (κ3) is 3.59. The molecule has 1 aliphatic heterocycles. The minimum absolute atomic E-state index is 0.161. The molecule has 0 aromatic carbocycles. The molecule has 1 rings (SSSR count). The largest absolute Gasteiger partial charge is 0.481 e. The van der Waals surface area contributed by atoms with Crippen LogP contribution in [0.15, 0.2) is 0 Å². The summed E-state index contributed by atoms with van der Waals surface area (Å²) in [5.74, 6) is -0.831. The number of carboxylic acids is 1. The molecule has 17 heavy (non-hydrogen) atoms. The molecular weight excluding hydrogens is 222 g/mol. The summed E-state index contributed by atoms with van der Waals surface area (Å²) in [4.78, 5) is 24.3. The van der Waals surface area contributed by atoms with Crippen LogP contribution in [0.4, 0.5) is 4.79 Å². The number of rotatable bonds is 5. The fraction of sp³-hybridized carbons (Fsp3) is 0.818. The summed E-state index contributed by atoms with van der Waals surface area (Å²) < 4.78 is 0. The van der Waals surface area contributed by atoms with E-state index in [0.29, 0.717) is 26.1 Å². The Kier molecular flexibility index (Phi) is 4.74. The van der Waals surface area contributed by atoms with E-state index in [2.05, 4.69) is 10.6 Å². The average molecular weight is 243 g/mol. The van der Waals surface area contributed by atoms with E-state index in [1.807, 2.05) is 7.05 Å². The molecule has 0 radical (unpaired) electrons. The Morgan fingerprint density at radius 1 is 1.41 bits per heavy atom. The zero-order chi connectivity index (χ0) is 12.9. The van der Waals surface area contributed by atoms with Crippen molar-refractivity contribution in [3.05, 3.63) is 0 Å². The summed E-state index contributed by atoms with van der Waals surface area (Å²) in [6.45, 7) is 3.96. The molecule has 1 aliphatic rings. The number of hydrogen-bond acceptors (Lipinski definition) is 3. The Morgan fingerprint density at radius 3 is 2.65 bits per heavy atom. The molecule has 0 saturated carbocycles. The number of urea groups is 1. The van der Waals surface area contributed by atoms with Gasteiger partial charge in [0.25, 0.3) is 0 Å². The van der Waals surface area contributed by atoms with Crippen LogP contribution < -0.4 is 10.6 Å². The van der Waals surface area contributed by atoms with Gasteiger partial charge in [0.1, 0.15) is 0 Å². The summed E-state index contributed by atoms with van der Waals surface area (Å²) in [6.07, 6.45) is 1.39. The van der Waals surface area contributed by atoms with E-state index in [1.165, 1.54) is 0 Å². The van der Waals surface area contributed by atoms with Crippen molar-refractivity contribution in [2.24, 2.45) is 5.41 Å². The molecule has 1 unspecified atom stereocenters. The molecule has 3 N–H and O–H groups in total. The predicted molar refractivity (Wildman–Crippen MR) is 63.9 cm³/mol. The van der Waals surface area contributed by atoms with Gasteiger partial charge in [-0.15, -0.1) is 0 Å². The van der Waals surface area contributed by atoms with E-state index in [-0.39, 0.29) is 6.03 Å². The Labute approximate surface area is 101 Å². The maximum absolute atomic E-state index is 11.7. The Bertz CT molecular complexity index is 296. The summed E-state index contributed by atoms with van der Waals surface area (Å²) in [6, 6.07) is -0.161. The standard InChI is InChI=1S/C11H21N3O3/c1-11(9(15)16)4-7-14(8-11)10(17)13-6-3-5-12-2/h12H,3-8H2,1-2H3,(H,13,17)(H,15,16). The number of nitrogens with zero attached hydrogens (tertiary/aromatic N) is 1. The van der Waals surface area contributed by atoms with Gasteiger partial charge in [0.2, 0.25) is 0 Å². The van der Waals surface area contributed by atoms with E-state index in [4.69, 9.17) is 5.11 Å². The van der Waals surface area contributed by atoms with Crippen LogP contribution in [0.25, 0.3) is 0 Å². The first kappa shape index (κ1) is 13.8. The van der Waals surface area contributed by atoms with Crippen molar-refractivity contribution in [2.75, 3.05) is 33.2 Å². The zero-order valence-corrected chi connectivity index (χ0v) is 10.5. The fourth-order valence-corrected chi connectivity index (χ4v) is 1.88. The first-order valence-electron chi connectivity index (χ1n) is 5.90. The lowest BCUT2D eigenvalue weighted by Gasteiger charge is -2.20. The number of amides is 2. The van der Waals surface area contributed by atoms with Crippen LogP contribution in [0, 0.1) is 5.41 Å². The molecular formula is C11H21N3O3. The van der Waals surface area contributed by atoms with Crippen molar-refractivity contribution in [1.29, 1.82) is 0 Å². The van der Waals surface area contributed by atoms with Crippen LogP contribution in [0.3, 0.4) is 0 Å². The van der Waals surface area contributed by atoms with Crippen molar-refractivity contribution in [3.8, 4) is 0 Å². The van der Waals surface area contributed by atoms with E-state index in [0.717, 1.165) is 13.0 Å². The fourth-order valence-electron chi connectivity index (χ4n) is 1.88. The van der Waals surface area contributed by atoms with Crippen LogP contribution in [-0.2, 0) is 4.79 Å². The van der Waals surface area contributed by atoms with Crippen LogP contribution in [0.1, 0.15) is 19.8 Å². The normalized spacial score (nSPS) is 23.8. The summed E-state index contributed by atoms with van der Waals surface area (Å²) >= 11 is 0. The van der Waals surface area contributed by atoms with Crippen molar-refractivity contribution in [2.45, 2.75) is 19.8 Å². The number of carboxylic acid groups (broad SMARTS) is 1. The van der Waals surface area contributed by atoms with Gasteiger partial charge in [-0.1, -0.05) is 0 Å². The summed E-state index contributed by atoms with van der Waals surface area (Å²) in [5.41, 5.74) is -0.789. The van der Waals surface area contributed by atoms with Gasteiger partial charge in [0.15, 0.2) is 0 Å². The van der Waals surface area contributed by atoms with Crippen molar-refractivity contribution in [3.63, 3.8) is 0 Å². The van der Waals surface area contributed by atoms with Gasteiger partial charge in [-0.05, 0) is 33.4 Å². The second-order valence-electron chi connectivity index (χ2n) is 4.73. The minimum atomic E-state index is -0.831. The lowest BCUT2D eigenvalue weighted by molar-refractivity contribution is -0.146. The second-order valence-corrected chi connectivity index (χ2v) is 4.73. The molecule has 0 aromatic rings. The predicted octanol–water partition coefficient (Wildman–Crippen LogP) is 0.102. The summed E-state index contributed by atoms with van der Waals surface area (Å²) in [7, 11) is 1.86. The zero-order valence-electron chi connectivity index (χ0n) is 10.5. The van der Waals surface area contributed by atoms with Gasteiger partial charge in [-0.3, -0.25) is 4.79 Å². The van der Waals surface area contributed by atoms with E-state index in [1.54, 1.807) is 11.8 Å². The molecule has 0 aromatic heterocycles. The van der Waals surface area contributed by atoms with Gasteiger partial charge in [0, 0.05) is 19.6 Å². The average Bonchev–Trinajstić information content (AvgIpc) is 2.69. The molecule has 0 bridgehead atoms. The van der Waals surface area contributed by atoms with E-state index < -0.39 is 11.4 Å². The molecule has 6 nitrogen and oxygen atoms in total. The number of carbonyl (C=O) groups excluding carboxylic acids is 1. The number of aliphatic carboxylic acids is 1. The van der Waals surface area contributed by atoms with E-state index in [9.17, 15) is 9.59 Å². The quantitative estimate of drug-likeness (QED) is 0.598. The van der Waals surface area contributed by atoms with Gasteiger partial charge in [0.05, 0.1) is 5.41 Å². The highest BCUT2D eigenvalue weighted by Crippen LogP contribution is 2.29. The molecule has 2 amide bonds. The number of likely N-dealkylation sites (tertiary alicyclic amines) is 1. The van der Waals surface area contributed by atoms with Crippen molar-refractivity contribution >= 4 is 12.0 Å². The molecule has 0 aliphatic carbocycles. The Hall–Kier alpha value is -1.30. The highest BCUT2D eigenvalue weighted by molar-refractivity contribution is 5.79. The molecule has 1 fully saturated rings. The molecule has 98 valence electrons. The maximum atomic E-state index is 11.7. The smallest absolute Gasteiger partial charge is 0.317 e. The Balaban J connectivity index is 2.33. The third-order valence-electron chi connectivity index (χ3n) is 3.16. The van der Waals surface area contributed by atoms with Crippen molar-refractivity contribution in [1.82, 2.24) is 15.5 Å². The number of carbonyl (C=O) groups is 2. The van der Waals surface area contributed by atoms with E-state index >= 15 is 0 Å². The third-order valence-corrected chi connectivity index (χ3v) is 3.16. The maximum Gasteiger partial charge on any atom is 0.317 e. The van der Waals surface area contributed by atoms with Crippen LogP contribution >= 0.6 is 0 Å². The lowest BCUT2D eigenvalue weighted by atomic mass is 9.90. The topological polar surface area (TPSA) is 81.7 Å². The van der Waals surface area contributed by atoms with Gasteiger partial charge in [-0.25, -0.2) is 4.79 Å². The van der Waals surface area contributed by atoms with Crippen molar-refractivity contribution < 1.29 is 14.7 Å². The number of nitrogens with one attached hydrogen (secondary N) is 2. The second kappa shape index (κ2) is 5.86. The van der Waals surface area contributed by atoms with Crippen LogP contribution in [0.5, 0.6) is 0 Å². The molecule has 0 spiro atoms. The van der Waals surface area contributed by atoms with Gasteiger partial charge < -0.3 is 20.6 Å². The highest BCUT2D eigenvalue weighted by atomic mass is 16.4. The highest BCUT2D eigenvalue weighted by Gasteiger charge is 2.41. The van der Waals surface area contributed by atoms with Crippen LogP contribution in [-0.4, -0.2) is 55.2 Å². The lowest BCUT2D eigenvalue weighted by Crippen LogP contribution is -2.41. The first-order valence-corrected chi connectivity index (χ1v) is 5.90. The Morgan fingerprint density at radius 2 is 2.12 bits per heavy atom. The van der Waals surface area contributed by atoms with Gasteiger partial charge >= 0.3 is 12.0 Å².